The summed E-state index contributed by atoms with van der Waals surface area (Å²) < 4.78 is 7.26. The smallest absolute Gasteiger partial charge is 0.118 e. The molecule has 1 fully saturated rings. The van der Waals surface area contributed by atoms with E-state index in [2.05, 4.69) is 22.5 Å². The fourth-order valence-electron chi connectivity index (χ4n) is 3.08. The molecule has 0 spiro atoms. The first-order valence-electron chi connectivity index (χ1n) is 7.64. The molecule has 0 radical (unpaired) electrons. The van der Waals surface area contributed by atoms with Crippen molar-refractivity contribution in [2.45, 2.75) is 19.3 Å². The topological polar surface area (TPSA) is 39.1 Å². The largest absolute Gasteiger partial charge is 0.497 e. The van der Waals surface area contributed by atoms with Gasteiger partial charge in [0.15, 0.2) is 0 Å². The average molecular weight is 285 g/mol. The summed E-state index contributed by atoms with van der Waals surface area (Å²) >= 11 is 0. The lowest BCUT2D eigenvalue weighted by atomic mass is 9.91. The molecular formula is C17H23N3O. The summed E-state index contributed by atoms with van der Waals surface area (Å²) in [5.74, 6) is 1.65. The summed E-state index contributed by atoms with van der Waals surface area (Å²) in [6, 6.07) is 8.25. The number of aromatic nitrogens is 2. The van der Waals surface area contributed by atoms with E-state index in [0.717, 1.165) is 31.2 Å². The van der Waals surface area contributed by atoms with Crippen molar-refractivity contribution in [1.82, 2.24) is 15.1 Å². The van der Waals surface area contributed by atoms with Crippen molar-refractivity contribution >= 4 is 0 Å². The number of methoxy groups -OCH3 is 1. The van der Waals surface area contributed by atoms with Gasteiger partial charge in [-0.2, -0.15) is 5.10 Å². The molecule has 21 heavy (non-hydrogen) atoms. The van der Waals surface area contributed by atoms with Gasteiger partial charge in [-0.05, 0) is 56.0 Å². The Bertz CT molecular complexity index is 583. The summed E-state index contributed by atoms with van der Waals surface area (Å²) in [5, 5.41) is 7.90. The number of benzene rings is 1. The number of ether oxygens (including phenoxy) is 1. The van der Waals surface area contributed by atoms with Gasteiger partial charge in [-0.1, -0.05) is 12.1 Å². The minimum Gasteiger partial charge on any atom is -0.497 e. The van der Waals surface area contributed by atoms with Gasteiger partial charge >= 0.3 is 0 Å². The van der Waals surface area contributed by atoms with E-state index in [1.807, 2.05) is 30.1 Å². The van der Waals surface area contributed by atoms with Crippen molar-refractivity contribution < 1.29 is 4.74 Å². The van der Waals surface area contributed by atoms with Crippen LogP contribution < -0.4 is 10.1 Å². The number of nitrogens with one attached hydrogen (secondary N) is 1. The number of aryl methyl sites for hydroxylation is 1. The highest BCUT2D eigenvalue weighted by molar-refractivity contribution is 5.66. The van der Waals surface area contributed by atoms with Crippen LogP contribution in [0.5, 0.6) is 5.75 Å². The first-order chi connectivity index (χ1) is 10.3. The first-order valence-corrected chi connectivity index (χ1v) is 7.64. The number of nitrogens with zero attached hydrogens (tertiary/aromatic N) is 2. The highest BCUT2D eigenvalue weighted by Crippen LogP contribution is 2.28. The quantitative estimate of drug-likeness (QED) is 0.938. The zero-order valence-electron chi connectivity index (χ0n) is 12.8. The number of hydrogen-bond acceptors (Lipinski definition) is 3. The Kier molecular flexibility index (Phi) is 4.25. The fraction of sp³-hybridized carbons (Fsp3) is 0.471. The molecule has 0 saturated carbocycles. The molecule has 4 heteroatoms. The second kappa shape index (κ2) is 6.31. The SMILES string of the molecule is COc1ccc(-c2cnn(C)c2CC2CCNCC2)cc1. The third-order valence-corrected chi connectivity index (χ3v) is 4.40. The fourth-order valence-corrected chi connectivity index (χ4v) is 3.08. The Morgan fingerprint density at radius 2 is 1.95 bits per heavy atom. The summed E-state index contributed by atoms with van der Waals surface area (Å²) in [6.45, 7) is 2.28. The molecule has 0 aliphatic carbocycles. The number of rotatable bonds is 4. The van der Waals surface area contributed by atoms with Gasteiger partial charge in [0.05, 0.1) is 13.3 Å². The molecule has 3 rings (SSSR count). The molecule has 0 atom stereocenters. The molecule has 112 valence electrons. The molecule has 0 amide bonds. The lowest BCUT2D eigenvalue weighted by molar-refractivity contribution is 0.366. The molecule has 0 unspecified atom stereocenters. The zero-order valence-corrected chi connectivity index (χ0v) is 12.8. The third-order valence-electron chi connectivity index (χ3n) is 4.40. The van der Waals surface area contributed by atoms with E-state index < -0.39 is 0 Å². The van der Waals surface area contributed by atoms with Gasteiger partial charge in [0.1, 0.15) is 5.75 Å². The normalized spacial score (nSPS) is 16.1. The van der Waals surface area contributed by atoms with Crippen LogP contribution in [0.1, 0.15) is 18.5 Å². The van der Waals surface area contributed by atoms with Gasteiger partial charge in [-0.15, -0.1) is 0 Å². The Labute approximate surface area is 126 Å². The molecule has 2 aromatic rings. The van der Waals surface area contributed by atoms with Gasteiger partial charge in [0, 0.05) is 18.3 Å². The highest BCUT2D eigenvalue weighted by atomic mass is 16.5. The van der Waals surface area contributed by atoms with Crippen molar-refractivity contribution in [3.63, 3.8) is 0 Å². The van der Waals surface area contributed by atoms with E-state index in [1.54, 1.807) is 7.11 Å². The maximum Gasteiger partial charge on any atom is 0.118 e. The van der Waals surface area contributed by atoms with Crippen LogP contribution in [0.3, 0.4) is 0 Å². The summed E-state index contributed by atoms with van der Waals surface area (Å²) in [5.41, 5.74) is 3.80. The van der Waals surface area contributed by atoms with Crippen LogP contribution in [0.25, 0.3) is 11.1 Å². The molecule has 1 saturated heterocycles. The van der Waals surface area contributed by atoms with E-state index in [4.69, 9.17) is 4.74 Å². The van der Waals surface area contributed by atoms with E-state index in [-0.39, 0.29) is 0 Å². The van der Waals surface area contributed by atoms with E-state index >= 15 is 0 Å². The summed E-state index contributed by atoms with van der Waals surface area (Å²) in [7, 11) is 3.74. The minimum atomic E-state index is 0.763. The van der Waals surface area contributed by atoms with Gasteiger partial charge in [-0.3, -0.25) is 4.68 Å². The Balaban J connectivity index is 1.84. The molecule has 1 aromatic carbocycles. The molecule has 1 N–H and O–H groups in total. The average Bonchev–Trinajstić information content (AvgIpc) is 2.90. The lowest BCUT2D eigenvalue weighted by Crippen LogP contribution is -2.29. The van der Waals surface area contributed by atoms with Crippen molar-refractivity contribution in [1.29, 1.82) is 0 Å². The van der Waals surface area contributed by atoms with E-state index in [0.29, 0.717) is 0 Å². The minimum absolute atomic E-state index is 0.763. The Morgan fingerprint density at radius 3 is 2.62 bits per heavy atom. The molecule has 1 aliphatic heterocycles. The maximum atomic E-state index is 5.23. The van der Waals surface area contributed by atoms with E-state index in [9.17, 15) is 0 Å². The van der Waals surface area contributed by atoms with Gasteiger partial charge in [-0.25, -0.2) is 0 Å². The van der Waals surface area contributed by atoms with Crippen LogP contribution in [-0.4, -0.2) is 30.0 Å². The Hall–Kier alpha value is -1.81. The van der Waals surface area contributed by atoms with Crippen molar-refractivity contribution in [2.24, 2.45) is 13.0 Å². The summed E-state index contributed by atoms with van der Waals surface area (Å²) in [6.07, 6.45) is 5.61. The van der Waals surface area contributed by atoms with Crippen LogP contribution in [-0.2, 0) is 13.5 Å². The van der Waals surface area contributed by atoms with E-state index in [1.165, 1.54) is 29.7 Å². The zero-order chi connectivity index (χ0) is 14.7. The third kappa shape index (κ3) is 3.10. The maximum absolute atomic E-state index is 5.23. The number of hydrogen-bond donors (Lipinski definition) is 1. The predicted octanol–water partition coefficient (Wildman–Crippen LogP) is 2.64. The van der Waals surface area contributed by atoms with Crippen molar-refractivity contribution in [3.8, 4) is 16.9 Å². The van der Waals surface area contributed by atoms with Crippen molar-refractivity contribution in [3.05, 3.63) is 36.2 Å². The monoisotopic (exact) mass is 285 g/mol. The molecule has 1 aromatic heterocycles. The number of piperidine rings is 1. The van der Waals surface area contributed by atoms with Crippen LogP contribution in [0.4, 0.5) is 0 Å². The summed E-state index contributed by atoms with van der Waals surface area (Å²) in [4.78, 5) is 0. The van der Waals surface area contributed by atoms with Crippen LogP contribution in [0.15, 0.2) is 30.5 Å². The molecule has 4 nitrogen and oxygen atoms in total. The van der Waals surface area contributed by atoms with Crippen LogP contribution in [0.2, 0.25) is 0 Å². The molecular weight excluding hydrogens is 262 g/mol. The van der Waals surface area contributed by atoms with Gasteiger partial charge in [0.25, 0.3) is 0 Å². The first kappa shape index (κ1) is 14.1. The van der Waals surface area contributed by atoms with Gasteiger partial charge < -0.3 is 10.1 Å². The predicted molar refractivity (Wildman–Crippen MR) is 84.5 cm³/mol. The Morgan fingerprint density at radius 1 is 1.24 bits per heavy atom. The van der Waals surface area contributed by atoms with Crippen LogP contribution >= 0.6 is 0 Å². The second-order valence-corrected chi connectivity index (χ2v) is 5.75. The standard InChI is InChI=1S/C17H23N3O/c1-20-17(11-13-7-9-18-10-8-13)16(12-19-20)14-3-5-15(21-2)6-4-14/h3-6,12-13,18H,7-11H2,1-2H3. The van der Waals surface area contributed by atoms with Crippen LogP contribution in [0, 0.1) is 5.92 Å². The highest BCUT2D eigenvalue weighted by Gasteiger charge is 2.18. The lowest BCUT2D eigenvalue weighted by Gasteiger charge is -2.23. The molecule has 1 aliphatic rings. The van der Waals surface area contributed by atoms with Crippen molar-refractivity contribution in [2.75, 3.05) is 20.2 Å². The van der Waals surface area contributed by atoms with Gasteiger partial charge in [0.2, 0.25) is 0 Å². The molecule has 0 bridgehead atoms. The molecule has 2 heterocycles. The second-order valence-electron chi connectivity index (χ2n) is 5.75.